The highest BCUT2D eigenvalue weighted by atomic mass is 79.9. The fraction of sp³-hybridized carbons (Fsp3) is 0.0455. The molecular weight excluding hydrogens is 494 g/mol. The third-order valence-electron chi connectivity index (χ3n) is 4.39. The van der Waals surface area contributed by atoms with Crippen LogP contribution in [-0.2, 0) is 4.79 Å². The first kappa shape index (κ1) is 21.7. The number of thioether (sulfide) groups is 1. The molecule has 2 aromatic carbocycles. The van der Waals surface area contributed by atoms with Gasteiger partial charge in [0.2, 0.25) is 5.91 Å². The van der Waals surface area contributed by atoms with Crippen molar-refractivity contribution in [2.75, 3.05) is 11.1 Å². The van der Waals surface area contributed by atoms with Crippen LogP contribution < -0.4 is 5.32 Å². The quantitative estimate of drug-likeness (QED) is 0.352. The summed E-state index contributed by atoms with van der Waals surface area (Å²) in [6.07, 6.45) is 3.40. The third kappa shape index (κ3) is 5.04. The van der Waals surface area contributed by atoms with Crippen molar-refractivity contribution < 1.29 is 14.7 Å². The Kier molecular flexibility index (Phi) is 6.62. The second kappa shape index (κ2) is 9.75. The summed E-state index contributed by atoms with van der Waals surface area (Å²) < 4.78 is 2.82. The number of carboxylic acid groups (broad SMARTS) is 1. The van der Waals surface area contributed by atoms with Crippen molar-refractivity contribution in [1.29, 1.82) is 0 Å². The summed E-state index contributed by atoms with van der Waals surface area (Å²) in [7, 11) is 0. The highest BCUT2D eigenvalue weighted by Gasteiger charge is 2.17. The van der Waals surface area contributed by atoms with Crippen LogP contribution in [0.4, 0.5) is 5.69 Å². The molecule has 0 atom stereocenters. The number of carboxylic acids is 1. The highest BCUT2D eigenvalue weighted by Crippen LogP contribution is 2.28. The second-order valence-corrected chi connectivity index (χ2v) is 8.44. The number of carbonyl (C=O) groups excluding carboxylic acids is 1. The standard InChI is InChI=1S/C22H16BrN5O3S/c23-16-5-9-18(10-6-16)28-20(15-2-1-11-24-12-15)26-27-22(28)32-13-19(29)25-17-7-3-14(4-8-17)21(30)31/h1-12H,13H2,(H,25,29)(H,30,31). The number of carbonyl (C=O) groups is 2. The molecule has 0 unspecified atom stereocenters. The molecule has 0 spiro atoms. The average Bonchev–Trinajstić information content (AvgIpc) is 3.23. The van der Waals surface area contributed by atoms with E-state index in [0.717, 1.165) is 15.7 Å². The molecule has 0 radical (unpaired) electrons. The number of hydrogen-bond donors (Lipinski definition) is 2. The highest BCUT2D eigenvalue weighted by molar-refractivity contribution is 9.10. The van der Waals surface area contributed by atoms with E-state index in [2.05, 4.69) is 36.4 Å². The lowest BCUT2D eigenvalue weighted by atomic mass is 10.2. The number of hydrogen-bond acceptors (Lipinski definition) is 6. The van der Waals surface area contributed by atoms with E-state index in [4.69, 9.17) is 5.11 Å². The number of aromatic nitrogens is 4. The average molecular weight is 510 g/mol. The first-order valence-corrected chi connectivity index (χ1v) is 11.2. The Morgan fingerprint density at radius 1 is 1.03 bits per heavy atom. The van der Waals surface area contributed by atoms with Crippen LogP contribution in [0.5, 0.6) is 0 Å². The van der Waals surface area contributed by atoms with E-state index in [1.807, 2.05) is 41.0 Å². The van der Waals surface area contributed by atoms with Crippen molar-refractivity contribution >= 4 is 45.3 Å². The molecule has 4 rings (SSSR count). The molecule has 2 heterocycles. The van der Waals surface area contributed by atoms with Crippen molar-refractivity contribution in [3.63, 3.8) is 0 Å². The van der Waals surface area contributed by atoms with Gasteiger partial charge in [0.05, 0.1) is 11.3 Å². The molecule has 4 aromatic rings. The summed E-state index contributed by atoms with van der Waals surface area (Å²) in [6.45, 7) is 0. The topological polar surface area (TPSA) is 110 Å². The van der Waals surface area contributed by atoms with Crippen molar-refractivity contribution in [3.8, 4) is 17.1 Å². The molecule has 8 nitrogen and oxygen atoms in total. The Bertz CT molecular complexity index is 1250. The molecule has 0 aliphatic carbocycles. The van der Waals surface area contributed by atoms with E-state index in [-0.39, 0.29) is 17.2 Å². The van der Waals surface area contributed by atoms with Crippen molar-refractivity contribution in [2.24, 2.45) is 0 Å². The lowest BCUT2D eigenvalue weighted by Gasteiger charge is -2.10. The van der Waals surface area contributed by atoms with Gasteiger partial charge in [-0.05, 0) is 60.7 Å². The summed E-state index contributed by atoms with van der Waals surface area (Å²) in [5, 5.41) is 20.9. The van der Waals surface area contributed by atoms with E-state index >= 15 is 0 Å². The fourth-order valence-corrected chi connectivity index (χ4v) is 3.91. The van der Waals surface area contributed by atoms with Crippen LogP contribution in [0.3, 0.4) is 0 Å². The van der Waals surface area contributed by atoms with Gasteiger partial charge in [0.15, 0.2) is 11.0 Å². The van der Waals surface area contributed by atoms with Gasteiger partial charge in [0.25, 0.3) is 0 Å². The molecule has 0 bridgehead atoms. The Labute approximate surface area is 195 Å². The van der Waals surface area contributed by atoms with Crippen molar-refractivity contribution in [2.45, 2.75) is 5.16 Å². The summed E-state index contributed by atoms with van der Waals surface area (Å²) in [6, 6.07) is 17.4. The van der Waals surface area contributed by atoms with Gasteiger partial charge in [-0.3, -0.25) is 14.3 Å². The largest absolute Gasteiger partial charge is 0.478 e. The summed E-state index contributed by atoms with van der Waals surface area (Å²) >= 11 is 4.69. The lowest BCUT2D eigenvalue weighted by molar-refractivity contribution is -0.113. The van der Waals surface area contributed by atoms with Gasteiger partial charge in [0.1, 0.15) is 0 Å². The molecule has 0 fully saturated rings. The van der Waals surface area contributed by atoms with Gasteiger partial charge in [-0.25, -0.2) is 4.79 Å². The fourth-order valence-electron chi connectivity index (χ4n) is 2.89. The summed E-state index contributed by atoms with van der Waals surface area (Å²) in [4.78, 5) is 27.6. The van der Waals surface area contributed by atoms with E-state index in [1.54, 1.807) is 24.5 Å². The minimum Gasteiger partial charge on any atom is -0.478 e. The van der Waals surface area contributed by atoms with Crippen LogP contribution in [0.25, 0.3) is 17.1 Å². The normalized spacial score (nSPS) is 10.7. The smallest absolute Gasteiger partial charge is 0.335 e. The first-order valence-electron chi connectivity index (χ1n) is 9.39. The Balaban J connectivity index is 1.54. The minimum absolute atomic E-state index is 0.0996. The zero-order chi connectivity index (χ0) is 22.5. The van der Waals surface area contributed by atoms with Crippen molar-refractivity contribution in [3.05, 3.63) is 83.1 Å². The molecule has 0 aliphatic rings. The van der Waals surface area contributed by atoms with Crippen molar-refractivity contribution in [1.82, 2.24) is 19.7 Å². The van der Waals surface area contributed by atoms with Gasteiger partial charge < -0.3 is 10.4 Å². The Morgan fingerprint density at radius 2 is 1.78 bits per heavy atom. The molecule has 0 saturated carbocycles. The van der Waals surface area contributed by atoms with Crippen LogP contribution in [0.1, 0.15) is 10.4 Å². The van der Waals surface area contributed by atoms with Gasteiger partial charge in [-0.1, -0.05) is 27.7 Å². The zero-order valence-electron chi connectivity index (χ0n) is 16.5. The second-order valence-electron chi connectivity index (χ2n) is 6.58. The first-order chi connectivity index (χ1) is 15.5. The van der Waals surface area contributed by atoms with Gasteiger partial charge in [0, 0.05) is 33.8 Å². The molecule has 32 heavy (non-hydrogen) atoms. The predicted octanol–water partition coefficient (Wildman–Crippen LogP) is 4.52. The van der Waals surface area contributed by atoms with E-state index < -0.39 is 5.97 Å². The maximum absolute atomic E-state index is 12.5. The Hall–Kier alpha value is -3.50. The minimum atomic E-state index is -1.02. The molecule has 10 heteroatoms. The van der Waals surface area contributed by atoms with Gasteiger partial charge in [-0.15, -0.1) is 10.2 Å². The van der Waals surface area contributed by atoms with Crippen LogP contribution in [0.2, 0.25) is 0 Å². The third-order valence-corrected chi connectivity index (χ3v) is 5.84. The number of benzene rings is 2. The number of amides is 1. The van der Waals surface area contributed by atoms with Crippen LogP contribution >= 0.6 is 27.7 Å². The Morgan fingerprint density at radius 3 is 2.44 bits per heavy atom. The molecular formula is C22H16BrN5O3S. The molecule has 0 saturated heterocycles. The molecule has 2 N–H and O–H groups in total. The van der Waals surface area contributed by atoms with Gasteiger partial charge in [-0.2, -0.15) is 0 Å². The molecule has 1 amide bonds. The number of aromatic carboxylic acids is 1. The number of rotatable bonds is 7. The number of anilines is 1. The SMILES string of the molecule is O=C(CSc1nnc(-c2cccnc2)n1-c1ccc(Br)cc1)Nc1ccc(C(=O)O)cc1. The van der Waals surface area contributed by atoms with Crippen LogP contribution in [0.15, 0.2) is 82.7 Å². The zero-order valence-corrected chi connectivity index (χ0v) is 18.9. The maximum atomic E-state index is 12.5. The maximum Gasteiger partial charge on any atom is 0.335 e. The van der Waals surface area contributed by atoms with Gasteiger partial charge >= 0.3 is 5.97 Å². The molecule has 0 aliphatic heterocycles. The predicted molar refractivity (Wildman–Crippen MR) is 125 cm³/mol. The summed E-state index contributed by atoms with van der Waals surface area (Å²) in [5.74, 6) is -0.545. The van der Waals surface area contributed by atoms with E-state index in [9.17, 15) is 9.59 Å². The number of pyridine rings is 1. The molecule has 2 aromatic heterocycles. The van der Waals surface area contributed by atoms with E-state index in [0.29, 0.717) is 16.7 Å². The van der Waals surface area contributed by atoms with E-state index in [1.165, 1.54) is 23.9 Å². The molecule has 160 valence electrons. The lowest BCUT2D eigenvalue weighted by Crippen LogP contribution is -2.14. The van der Waals surface area contributed by atoms with Crippen LogP contribution in [-0.4, -0.2) is 42.5 Å². The van der Waals surface area contributed by atoms with Crippen LogP contribution in [0, 0.1) is 0 Å². The summed E-state index contributed by atoms with van der Waals surface area (Å²) in [5.41, 5.74) is 2.33. The number of nitrogens with zero attached hydrogens (tertiary/aromatic N) is 4. The number of halogens is 1. The monoisotopic (exact) mass is 509 g/mol. The number of nitrogens with one attached hydrogen (secondary N) is 1.